The molecular formula is C21H17ClN6O4. The molecule has 162 valence electrons. The molecule has 11 heteroatoms. The highest BCUT2D eigenvalue weighted by molar-refractivity contribution is 6.31. The third kappa shape index (κ3) is 3.08. The second kappa shape index (κ2) is 7.36. The van der Waals surface area contributed by atoms with Crippen LogP contribution in [0.3, 0.4) is 0 Å². The lowest BCUT2D eigenvalue weighted by atomic mass is 10.0. The molecule has 3 aromatic heterocycles. The zero-order chi connectivity index (χ0) is 22.6. The van der Waals surface area contributed by atoms with Crippen LogP contribution in [-0.2, 0) is 6.54 Å². The minimum atomic E-state index is -1.30. The van der Waals surface area contributed by atoms with E-state index in [-0.39, 0.29) is 35.1 Å². The number of nitrogens with one attached hydrogen (secondary N) is 2. The lowest BCUT2D eigenvalue weighted by Gasteiger charge is -2.15. The normalized spacial score (nSPS) is 16.1. The van der Waals surface area contributed by atoms with E-state index in [1.807, 2.05) is 18.2 Å². The summed E-state index contributed by atoms with van der Waals surface area (Å²) in [6.45, 7) is 0.183. The van der Waals surface area contributed by atoms with Crippen molar-refractivity contribution in [2.24, 2.45) is 5.73 Å². The Bertz CT molecular complexity index is 1590. The number of rotatable bonds is 4. The summed E-state index contributed by atoms with van der Waals surface area (Å²) in [6.07, 6.45) is 7.63. The van der Waals surface area contributed by atoms with Crippen molar-refractivity contribution < 1.29 is 9.90 Å². The number of aromatic nitrogens is 5. The Balaban J connectivity index is 1.88. The van der Waals surface area contributed by atoms with Crippen molar-refractivity contribution in [2.75, 3.05) is 0 Å². The van der Waals surface area contributed by atoms with Gasteiger partial charge in [0.05, 0.1) is 17.5 Å². The molecule has 3 heterocycles. The predicted octanol–water partition coefficient (Wildman–Crippen LogP) is 1.92. The third-order valence-electron chi connectivity index (χ3n) is 5.42. The van der Waals surface area contributed by atoms with E-state index in [4.69, 9.17) is 17.3 Å². The summed E-state index contributed by atoms with van der Waals surface area (Å²) < 4.78 is 2.34. The van der Waals surface area contributed by atoms with Crippen molar-refractivity contribution in [2.45, 2.75) is 19.0 Å². The SMILES string of the molecule is NC1C=C(Cn2c(C(=O)O)c(-n3c(=O)[nH]c4nc[nH]c4c3=O)c3cc(Cl)ccc32)C=CC1. The first-order chi connectivity index (χ1) is 15.3. The van der Waals surface area contributed by atoms with Crippen LogP contribution in [0.15, 0.2) is 57.9 Å². The summed E-state index contributed by atoms with van der Waals surface area (Å²) in [5.74, 6) is -1.30. The van der Waals surface area contributed by atoms with E-state index in [0.29, 0.717) is 22.3 Å². The standard InChI is InChI=1S/C21H17ClN6O4/c22-11-4-5-14-13(7-11)16(28-19(29)15-18(25-9-24-15)26-21(28)32)17(20(30)31)27(14)8-10-2-1-3-12(23)6-10/h1-2,4-7,9,12H,3,8,23H2,(H,24,25)(H,26,32)(H,30,31). The minimum Gasteiger partial charge on any atom is -0.477 e. The fraction of sp³-hybridized carbons (Fsp3) is 0.143. The number of imidazole rings is 1. The van der Waals surface area contributed by atoms with Crippen molar-refractivity contribution in [3.8, 4) is 5.69 Å². The largest absolute Gasteiger partial charge is 0.477 e. The number of allylic oxidation sites excluding steroid dienone is 2. The number of carbonyl (C=O) groups is 1. The quantitative estimate of drug-likeness (QED) is 0.371. The van der Waals surface area contributed by atoms with E-state index in [0.717, 1.165) is 10.1 Å². The highest BCUT2D eigenvalue weighted by Crippen LogP contribution is 2.32. The van der Waals surface area contributed by atoms with Gasteiger partial charge < -0.3 is 20.4 Å². The van der Waals surface area contributed by atoms with Crippen molar-refractivity contribution in [1.82, 2.24) is 24.1 Å². The molecule has 1 unspecified atom stereocenters. The monoisotopic (exact) mass is 452 g/mol. The molecule has 1 atom stereocenters. The summed E-state index contributed by atoms with van der Waals surface area (Å²) in [6, 6.07) is 4.65. The van der Waals surface area contributed by atoms with Crippen LogP contribution >= 0.6 is 11.6 Å². The molecule has 0 spiro atoms. The Hall–Kier alpha value is -3.89. The molecule has 0 fully saturated rings. The molecule has 5 rings (SSSR count). The van der Waals surface area contributed by atoms with Crippen LogP contribution < -0.4 is 17.0 Å². The summed E-state index contributed by atoms with van der Waals surface area (Å²) >= 11 is 6.20. The Kier molecular flexibility index (Phi) is 4.61. The van der Waals surface area contributed by atoms with E-state index in [1.165, 1.54) is 12.4 Å². The summed E-state index contributed by atoms with van der Waals surface area (Å²) in [7, 11) is 0. The second-order valence-corrected chi connectivity index (χ2v) is 7.93. The van der Waals surface area contributed by atoms with Gasteiger partial charge in [-0.1, -0.05) is 29.8 Å². The number of hydrogen-bond donors (Lipinski definition) is 4. The maximum absolute atomic E-state index is 13.2. The number of fused-ring (bicyclic) bond motifs is 2. The number of hydrogen-bond acceptors (Lipinski definition) is 5. The molecule has 0 aliphatic heterocycles. The topological polar surface area (TPSA) is 152 Å². The second-order valence-electron chi connectivity index (χ2n) is 7.49. The summed E-state index contributed by atoms with van der Waals surface area (Å²) in [4.78, 5) is 47.6. The van der Waals surface area contributed by atoms with Crippen LogP contribution in [0.4, 0.5) is 0 Å². The van der Waals surface area contributed by atoms with Crippen LogP contribution in [0.25, 0.3) is 27.8 Å². The number of H-pyrrole nitrogens is 2. The summed E-state index contributed by atoms with van der Waals surface area (Å²) in [5, 5.41) is 10.8. The van der Waals surface area contributed by atoms with Crippen LogP contribution in [0.5, 0.6) is 0 Å². The molecule has 0 radical (unpaired) electrons. The zero-order valence-corrected chi connectivity index (χ0v) is 17.3. The molecule has 0 saturated carbocycles. The maximum atomic E-state index is 13.2. The molecule has 1 aliphatic carbocycles. The van der Waals surface area contributed by atoms with Crippen molar-refractivity contribution in [3.63, 3.8) is 0 Å². The molecular weight excluding hydrogens is 436 g/mol. The van der Waals surface area contributed by atoms with Gasteiger partial charge in [-0.2, -0.15) is 0 Å². The van der Waals surface area contributed by atoms with Crippen LogP contribution in [-0.4, -0.2) is 41.2 Å². The summed E-state index contributed by atoms with van der Waals surface area (Å²) in [5.41, 5.74) is 5.65. The van der Waals surface area contributed by atoms with E-state index >= 15 is 0 Å². The van der Waals surface area contributed by atoms with Gasteiger partial charge in [0, 0.05) is 23.0 Å². The van der Waals surface area contributed by atoms with Gasteiger partial charge in [-0.3, -0.25) is 9.78 Å². The number of halogens is 1. The van der Waals surface area contributed by atoms with Gasteiger partial charge in [-0.05, 0) is 30.2 Å². The number of carboxylic acids is 1. The van der Waals surface area contributed by atoms with Gasteiger partial charge in [0.2, 0.25) is 0 Å². The van der Waals surface area contributed by atoms with Gasteiger partial charge in [0.1, 0.15) is 5.52 Å². The minimum absolute atomic E-state index is 0.0489. The lowest BCUT2D eigenvalue weighted by molar-refractivity contribution is 0.0686. The Morgan fingerprint density at radius 2 is 2.16 bits per heavy atom. The smallest absolute Gasteiger partial charge is 0.354 e. The molecule has 4 aromatic rings. The molecule has 5 N–H and O–H groups in total. The lowest BCUT2D eigenvalue weighted by Crippen LogP contribution is -2.34. The van der Waals surface area contributed by atoms with Crippen molar-refractivity contribution in [1.29, 1.82) is 0 Å². The number of nitrogens with zero attached hydrogens (tertiary/aromatic N) is 3. The number of carboxylic acid groups (broad SMARTS) is 1. The Morgan fingerprint density at radius 3 is 2.91 bits per heavy atom. The Labute approximate surface area is 184 Å². The van der Waals surface area contributed by atoms with E-state index in [1.54, 1.807) is 16.7 Å². The number of aromatic amines is 2. The average Bonchev–Trinajstić information content (AvgIpc) is 3.31. The average molecular weight is 453 g/mol. The molecule has 1 aliphatic rings. The first-order valence-electron chi connectivity index (χ1n) is 9.72. The molecule has 1 aromatic carbocycles. The molecule has 0 saturated heterocycles. The Morgan fingerprint density at radius 1 is 1.34 bits per heavy atom. The number of aromatic carboxylic acids is 1. The molecule has 0 bridgehead atoms. The number of nitrogens with two attached hydrogens (primary N) is 1. The third-order valence-corrected chi connectivity index (χ3v) is 5.65. The van der Waals surface area contributed by atoms with Gasteiger partial charge >= 0.3 is 11.7 Å². The van der Waals surface area contributed by atoms with E-state index < -0.39 is 17.2 Å². The fourth-order valence-electron chi connectivity index (χ4n) is 4.10. The van der Waals surface area contributed by atoms with Gasteiger partial charge in [-0.15, -0.1) is 0 Å². The van der Waals surface area contributed by atoms with E-state index in [2.05, 4.69) is 15.0 Å². The van der Waals surface area contributed by atoms with Crippen LogP contribution in [0.2, 0.25) is 5.02 Å². The maximum Gasteiger partial charge on any atom is 0.354 e. The first kappa shape index (κ1) is 20.0. The molecule has 0 amide bonds. The van der Waals surface area contributed by atoms with Crippen LogP contribution in [0, 0.1) is 0 Å². The molecule has 32 heavy (non-hydrogen) atoms. The van der Waals surface area contributed by atoms with Gasteiger partial charge in [0.15, 0.2) is 11.3 Å². The first-order valence-corrected chi connectivity index (χ1v) is 10.1. The van der Waals surface area contributed by atoms with Gasteiger partial charge in [0.25, 0.3) is 5.56 Å². The van der Waals surface area contributed by atoms with Crippen molar-refractivity contribution in [3.05, 3.63) is 79.9 Å². The predicted molar refractivity (Wildman–Crippen MR) is 120 cm³/mol. The van der Waals surface area contributed by atoms with Gasteiger partial charge in [-0.25, -0.2) is 19.1 Å². The number of benzene rings is 1. The van der Waals surface area contributed by atoms with Crippen molar-refractivity contribution >= 4 is 39.6 Å². The fourth-order valence-corrected chi connectivity index (χ4v) is 4.27. The highest BCUT2D eigenvalue weighted by Gasteiger charge is 2.27. The zero-order valence-electron chi connectivity index (χ0n) is 16.5. The highest BCUT2D eigenvalue weighted by atomic mass is 35.5. The van der Waals surface area contributed by atoms with Crippen LogP contribution in [0.1, 0.15) is 16.9 Å². The molecule has 10 nitrogen and oxygen atoms in total. The van der Waals surface area contributed by atoms with E-state index in [9.17, 15) is 19.5 Å².